The van der Waals surface area contributed by atoms with Gasteiger partial charge in [0, 0.05) is 30.8 Å². The SMILES string of the molecule is Cc1c(-c2ccccc2)cnc2nc(C3CCN(C#N)C3)[nH]c12. The number of likely N-dealkylation sites (tertiary alicyclic amines) is 1. The lowest BCUT2D eigenvalue weighted by molar-refractivity contribution is 0.477. The summed E-state index contributed by atoms with van der Waals surface area (Å²) in [5.41, 5.74) is 5.20. The number of nitriles is 1. The zero-order valence-corrected chi connectivity index (χ0v) is 13.0. The number of pyridine rings is 1. The van der Waals surface area contributed by atoms with Crippen LogP contribution in [0.5, 0.6) is 0 Å². The molecule has 0 bridgehead atoms. The molecule has 2 aromatic heterocycles. The number of H-pyrrole nitrogens is 1. The van der Waals surface area contributed by atoms with Crippen molar-refractivity contribution >= 4 is 11.2 Å². The Bertz CT molecular complexity index is 891. The minimum Gasteiger partial charge on any atom is -0.340 e. The Hall–Kier alpha value is -2.87. The van der Waals surface area contributed by atoms with Crippen LogP contribution in [0.1, 0.15) is 23.7 Å². The summed E-state index contributed by atoms with van der Waals surface area (Å²) < 4.78 is 0. The molecular weight excluding hydrogens is 286 g/mol. The average Bonchev–Trinajstić information content (AvgIpc) is 3.23. The Balaban J connectivity index is 1.75. The van der Waals surface area contributed by atoms with Crippen molar-refractivity contribution < 1.29 is 0 Å². The summed E-state index contributed by atoms with van der Waals surface area (Å²) in [7, 11) is 0. The van der Waals surface area contributed by atoms with Crippen LogP contribution >= 0.6 is 0 Å². The molecule has 0 amide bonds. The Morgan fingerprint density at radius 2 is 2.13 bits per heavy atom. The summed E-state index contributed by atoms with van der Waals surface area (Å²) in [5, 5.41) is 9.01. The van der Waals surface area contributed by atoms with Crippen LogP contribution in [0, 0.1) is 18.4 Å². The topological polar surface area (TPSA) is 68.6 Å². The Morgan fingerprint density at radius 3 is 2.87 bits per heavy atom. The molecule has 23 heavy (non-hydrogen) atoms. The fraction of sp³-hybridized carbons (Fsp3) is 0.278. The quantitative estimate of drug-likeness (QED) is 0.738. The van der Waals surface area contributed by atoms with Gasteiger partial charge in [0.25, 0.3) is 0 Å². The molecule has 1 unspecified atom stereocenters. The standard InChI is InChI=1S/C18H17N5/c1-12-15(13-5-3-2-4-6-13)9-20-18-16(12)21-17(22-18)14-7-8-23(10-14)11-19/h2-6,9,14H,7-8,10H2,1H3,(H,20,21,22). The molecule has 3 aromatic rings. The number of hydrogen-bond acceptors (Lipinski definition) is 4. The largest absolute Gasteiger partial charge is 0.340 e. The molecule has 1 saturated heterocycles. The number of nitrogens with zero attached hydrogens (tertiary/aromatic N) is 4. The third kappa shape index (κ3) is 2.33. The first-order valence-electron chi connectivity index (χ1n) is 7.81. The van der Waals surface area contributed by atoms with Gasteiger partial charge >= 0.3 is 0 Å². The molecule has 1 aromatic carbocycles. The highest BCUT2D eigenvalue weighted by Gasteiger charge is 2.26. The first-order valence-corrected chi connectivity index (χ1v) is 7.81. The van der Waals surface area contributed by atoms with E-state index in [4.69, 9.17) is 5.26 Å². The van der Waals surface area contributed by atoms with E-state index in [1.165, 1.54) is 0 Å². The smallest absolute Gasteiger partial charge is 0.179 e. The van der Waals surface area contributed by atoms with Crippen LogP contribution in [0.2, 0.25) is 0 Å². The number of hydrogen-bond donors (Lipinski definition) is 1. The number of benzene rings is 1. The molecule has 5 nitrogen and oxygen atoms in total. The van der Waals surface area contributed by atoms with E-state index in [0.717, 1.165) is 53.2 Å². The monoisotopic (exact) mass is 303 g/mol. The van der Waals surface area contributed by atoms with Gasteiger partial charge in [0.1, 0.15) is 5.82 Å². The van der Waals surface area contributed by atoms with E-state index in [2.05, 4.69) is 40.2 Å². The summed E-state index contributed by atoms with van der Waals surface area (Å²) >= 11 is 0. The minimum absolute atomic E-state index is 0.281. The first kappa shape index (κ1) is 13.8. The highest BCUT2D eigenvalue weighted by atomic mass is 15.1. The lowest BCUT2D eigenvalue weighted by atomic mass is 10.0. The second-order valence-electron chi connectivity index (χ2n) is 6.02. The van der Waals surface area contributed by atoms with Gasteiger partial charge in [-0.05, 0) is 24.5 Å². The van der Waals surface area contributed by atoms with Crippen LogP contribution in [-0.4, -0.2) is 32.9 Å². The number of rotatable bonds is 2. The second kappa shape index (κ2) is 5.40. The van der Waals surface area contributed by atoms with E-state index in [-0.39, 0.29) is 5.92 Å². The number of fused-ring (bicyclic) bond motifs is 1. The number of nitrogens with one attached hydrogen (secondary N) is 1. The predicted molar refractivity (Wildman–Crippen MR) is 88.6 cm³/mol. The molecule has 0 radical (unpaired) electrons. The lowest BCUT2D eigenvalue weighted by Crippen LogP contribution is -2.13. The van der Waals surface area contributed by atoms with Crippen LogP contribution in [0.15, 0.2) is 36.5 Å². The Kier molecular flexibility index (Phi) is 3.23. The summed E-state index contributed by atoms with van der Waals surface area (Å²) in [5.74, 6) is 1.22. The molecule has 5 heteroatoms. The van der Waals surface area contributed by atoms with E-state index in [0.29, 0.717) is 0 Å². The van der Waals surface area contributed by atoms with E-state index in [1.54, 1.807) is 4.90 Å². The molecule has 4 rings (SSSR count). The van der Waals surface area contributed by atoms with Crippen LogP contribution in [0.3, 0.4) is 0 Å². The highest BCUT2D eigenvalue weighted by molar-refractivity contribution is 5.83. The van der Waals surface area contributed by atoms with E-state index in [9.17, 15) is 0 Å². The van der Waals surface area contributed by atoms with Gasteiger partial charge in [0.05, 0.1) is 5.52 Å². The molecule has 0 saturated carbocycles. The van der Waals surface area contributed by atoms with Gasteiger partial charge in [-0.15, -0.1) is 0 Å². The maximum Gasteiger partial charge on any atom is 0.179 e. The minimum atomic E-state index is 0.281. The van der Waals surface area contributed by atoms with Crippen molar-refractivity contribution in [2.24, 2.45) is 0 Å². The molecule has 1 N–H and O–H groups in total. The number of imidazole rings is 1. The number of aromatic nitrogens is 3. The third-order valence-electron chi connectivity index (χ3n) is 4.60. The van der Waals surface area contributed by atoms with Gasteiger partial charge < -0.3 is 9.88 Å². The van der Waals surface area contributed by atoms with Crippen molar-refractivity contribution in [3.05, 3.63) is 47.9 Å². The summed E-state index contributed by atoms with van der Waals surface area (Å²) in [6, 6.07) is 10.3. The van der Waals surface area contributed by atoms with Crippen molar-refractivity contribution in [2.45, 2.75) is 19.3 Å². The first-order chi connectivity index (χ1) is 11.3. The Morgan fingerprint density at radius 1 is 1.30 bits per heavy atom. The summed E-state index contributed by atoms with van der Waals surface area (Å²) in [6.45, 7) is 3.64. The molecule has 114 valence electrons. The van der Waals surface area contributed by atoms with Gasteiger partial charge in [-0.2, -0.15) is 5.26 Å². The Labute approximate surface area is 134 Å². The van der Waals surface area contributed by atoms with Crippen molar-refractivity contribution in [1.82, 2.24) is 19.9 Å². The average molecular weight is 303 g/mol. The van der Waals surface area contributed by atoms with Crippen molar-refractivity contribution in [1.29, 1.82) is 5.26 Å². The molecule has 1 atom stereocenters. The predicted octanol–water partition coefficient (Wildman–Crippen LogP) is 3.20. The molecule has 1 fully saturated rings. The fourth-order valence-electron chi connectivity index (χ4n) is 3.27. The zero-order chi connectivity index (χ0) is 15.8. The molecule has 0 spiro atoms. The second-order valence-corrected chi connectivity index (χ2v) is 6.02. The summed E-state index contributed by atoms with van der Waals surface area (Å²) in [4.78, 5) is 14.4. The van der Waals surface area contributed by atoms with Crippen LogP contribution in [-0.2, 0) is 0 Å². The van der Waals surface area contributed by atoms with Gasteiger partial charge in [-0.25, -0.2) is 9.97 Å². The number of aromatic amines is 1. The highest BCUT2D eigenvalue weighted by Crippen LogP contribution is 2.30. The molecular formula is C18H17N5. The van der Waals surface area contributed by atoms with E-state index in [1.807, 2.05) is 24.4 Å². The van der Waals surface area contributed by atoms with Gasteiger partial charge in [0.2, 0.25) is 0 Å². The zero-order valence-electron chi connectivity index (χ0n) is 13.0. The van der Waals surface area contributed by atoms with Crippen LogP contribution < -0.4 is 0 Å². The molecule has 3 heterocycles. The summed E-state index contributed by atoms with van der Waals surface area (Å²) in [6.07, 6.45) is 5.07. The lowest BCUT2D eigenvalue weighted by Gasteiger charge is -2.06. The van der Waals surface area contributed by atoms with Crippen molar-refractivity contribution in [3.63, 3.8) is 0 Å². The van der Waals surface area contributed by atoms with E-state index < -0.39 is 0 Å². The van der Waals surface area contributed by atoms with Crippen molar-refractivity contribution in [2.75, 3.05) is 13.1 Å². The van der Waals surface area contributed by atoms with Crippen LogP contribution in [0.25, 0.3) is 22.3 Å². The number of aryl methyl sites for hydroxylation is 1. The molecule has 0 aliphatic carbocycles. The van der Waals surface area contributed by atoms with Gasteiger partial charge in [-0.3, -0.25) is 0 Å². The molecule has 1 aliphatic heterocycles. The third-order valence-corrected chi connectivity index (χ3v) is 4.60. The van der Waals surface area contributed by atoms with Crippen molar-refractivity contribution in [3.8, 4) is 17.3 Å². The maximum absolute atomic E-state index is 9.01. The maximum atomic E-state index is 9.01. The molecule has 1 aliphatic rings. The normalized spacial score (nSPS) is 17.6. The fourth-order valence-corrected chi connectivity index (χ4v) is 3.27. The van der Waals surface area contributed by atoms with Gasteiger partial charge in [-0.1, -0.05) is 30.3 Å². The van der Waals surface area contributed by atoms with Crippen LogP contribution in [0.4, 0.5) is 0 Å². The van der Waals surface area contributed by atoms with E-state index >= 15 is 0 Å². The van der Waals surface area contributed by atoms with Gasteiger partial charge in [0.15, 0.2) is 11.8 Å².